The summed E-state index contributed by atoms with van der Waals surface area (Å²) >= 11 is 5.76. The first-order valence-corrected chi connectivity index (χ1v) is 10.9. The average Bonchev–Trinajstić information content (AvgIpc) is 3.25. The summed E-state index contributed by atoms with van der Waals surface area (Å²) in [6.45, 7) is 0. The number of rotatable bonds is 3. The molecule has 1 spiro atoms. The van der Waals surface area contributed by atoms with Crippen LogP contribution in [0.2, 0.25) is 5.02 Å². The fraction of sp³-hybridized carbons (Fsp3) is 0.238. The minimum absolute atomic E-state index is 0.113. The molecule has 2 aliphatic carbocycles. The van der Waals surface area contributed by atoms with Gasteiger partial charge < -0.3 is 0 Å². The Labute approximate surface area is 166 Å². The zero-order chi connectivity index (χ0) is 20.3. The molecule has 146 valence electrons. The molecule has 2 aliphatic rings. The summed E-state index contributed by atoms with van der Waals surface area (Å²) < 4.78 is 63.2. The predicted molar refractivity (Wildman–Crippen MR) is 104 cm³/mol. The van der Waals surface area contributed by atoms with E-state index >= 15 is 0 Å². The van der Waals surface area contributed by atoms with Gasteiger partial charge in [0.2, 0.25) is 0 Å². The van der Waals surface area contributed by atoms with Gasteiger partial charge in [-0.3, -0.25) is 0 Å². The Morgan fingerprint density at radius 3 is 1.96 bits per heavy atom. The van der Waals surface area contributed by atoms with Crippen LogP contribution < -0.4 is 0 Å². The van der Waals surface area contributed by atoms with Crippen molar-refractivity contribution in [3.05, 3.63) is 76.3 Å². The first kappa shape index (κ1) is 19.3. The van der Waals surface area contributed by atoms with Crippen LogP contribution in [-0.2, 0) is 16.0 Å². The molecule has 4 rings (SSSR count). The third-order valence-electron chi connectivity index (χ3n) is 5.16. The number of hydrogen-bond donors (Lipinski definition) is 0. The van der Waals surface area contributed by atoms with E-state index in [4.69, 9.17) is 11.6 Å². The highest BCUT2D eigenvalue weighted by molar-refractivity contribution is 7.90. The Hall–Kier alpha value is -2.05. The Balaban J connectivity index is 1.79. The Kier molecular flexibility index (Phi) is 4.28. The molecule has 0 unspecified atom stereocenters. The van der Waals surface area contributed by atoms with Crippen LogP contribution in [0.15, 0.2) is 59.5 Å². The average molecular weight is 425 g/mol. The van der Waals surface area contributed by atoms with Crippen molar-refractivity contribution in [2.75, 3.05) is 6.26 Å². The highest BCUT2D eigenvalue weighted by atomic mass is 35.5. The van der Waals surface area contributed by atoms with Crippen molar-refractivity contribution in [1.82, 2.24) is 0 Å². The second-order valence-electron chi connectivity index (χ2n) is 7.34. The number of benzene rings is 2. The number of halogens is 4. The monoisotopic (exact) mass is 424 g/mol. The largest absolute Gasteiger partial charge is 0.417 e. The van der Waals surface area contributed by atoms with E-state index in [0.29, 0.717) is 11.1 Å². The van der Waals surface area contributed by atoms with Gasteiger partial charge >= 0.3 is 6.18 Å². The predicted octanol–water partition coefficient (Wildman–Crippen LogP) is 6.02. The molecule has 0 radical (unpaired) electrons. The van der Waals surface area contributed by atoms with E-state index in [1.807, 2.05) is 6.08 Å². The molecule has 1 saturated carbocycles. The van der Waals surface area contributed by atoms with Gasteiger partial charge in [-0.1, -0.05) is 42.0 Å². The molecule has 0 amide bonds. The number of allylic oxidation sites excluding steroid dienone is 4. The third kappa shape index (κ3) is 3.51. The van der Waals surface area contributed by atoms with E-state index in [-0.39, 0.29) is 15.3 Å². The van der Waals surface area contributed by atoms with Crippen molar-refractivity contribution in [2.45, 2.75) is 23.9 Å². The molecule has 2 aromatic carbocycles. The number of hydrogen-bond acceptors (Lipinski definition) is 2. The molecule has 0 heterocycles. The molecule has 0 aromatic heterocycles. The van der Waals surface area contributed by atoms with E-state index in [2.05, 4.69) is 6.08 Å². The fourth-order valence-corrected chi connectivity index (χ4v) is 4.33. The Morgan fingerprint density at radius 2 is 1.46 bits per heavy atom. The van der Waals surface area contributed by atoms with Gasteiger partial charge in [0.15, 0.2) is 9.84 Å². The molecule has 28 heavy (non-hydrogen) atoms. The molecule has 0 N–H and O–H groups in total. The summed E-state index contributed by atoms with van der Waals surface area (Å²) in [6.07, 6.45) is 2.57. The fourth-order valence-electron chi connectivity index (χ4n) is 3.47. The summed E-state index contributed by atoms with van der Waals surface area (Å²) in [7, 11) is -3.32. The van der Waals surface area contributed by atoms with Crippen molar-refractivity contribution in [2.24, 2.45) is 5.41 Å². The first-order chi connectivity index (χ1) is 13.0. The van der Waals surface area contributed by atoms with Gasteiger partial charge in [-0.2, -0.15) is 13.2 Å². The van der Waals surface area contributed by atoms with E-state index in [1.165, 1.54) is 18.2 Å². The lowest BCUT2D eigenvalue weighted by molar-refractivity contribution is -0.137. The minimum Gasteiger partial charge on any atom is -0.224 e. The molecular formula is C21H16ClF3O2S. The summed E-state index contributed by atoms with van der Waals surface area (Å²) in [5.74, 6) is 0. The second-order valence-corrected chi connectivity index (χ2v) is 9.76. The molecular weight excluding hydrogens is 409 g/mol. The Bertz CT molecular complexity index is 1120. The lowest BCUT2D eigenvalue weighted by Gasteiger charge is -2.14. The quantitative estimate of drug-likeness (QED) is 0.603. The number of sulfone groups is 1. The van der Waals surface area contributed by atoms with Crippen molar-refractivity contribution >= 4 is 32.6 Å². The minimum atomic E-state index is -4.54. The normalized spacial score (nSPS) is 18.2. The maximum atomic E-state index is 13.3. The van der Waals surface area contributed by atoms with E-state index in [0.717, 1.165) is 36.3 Å². The third-order valence-corrected chi connectivity index (χ3v) is 6.62. The van der Waals surface area contributed by atoms with Gasteiger partial charge in [0.05, 0.1) is 15.5 Å². The highest BCUT2D eigenvalue weighted by Gasteiger charge is 2.43. The van der Waals surface area contributed by atoms with Crippen molar-refractivity contribution in [3.63, 3.8) is 0 Å². The Morgan fingerprint density at radius 1 is 0.929 bits per heavy atom. The molecule has 0 saturated heterocycles. The highest BCUT2D eigenvalue weighted by Crippen LogP contribution is 2.58. The molecule has 2 nitrogen and oxygen atoms in total. The van der Waals surface area contributed by atoms with E-state index in [9.17, 15) is 21.6 Å². The molecule has 0 aliphatic heterocycles. The maximum absolute atomic E-state index is 13.3. The lowest BCUT2D eigenvalue weighted by atomic mass is 9.94. The van der Waals surface area contributed by atoms with Gasteiger partial charge in [-0.05, 0) is 59.4 Å². The van der Waals surface area contributed by atoms with E-state index in [1.54, 1.807) is 18.2 Å². The van der Waals surface area contributed by atoms with Crippen LogP contribution in [0.25, 0.3) is 11.1 Å². The van der Waals surface area contributed by atoms with Gasteiger partial charge in [-0.25, -0.2) is 8.42 Å². The zero-order valence-corrected chi connectivity index (χ0v) is 16.4. The van der Waals surface area contributed by atoms with Crippen LogP contribution in [0.3, 0.4) is 0 Å². The SMILES string of the molecule is CS(=O)(=O)c1ccc(C2=CC3(C=C2c2ccc(Cl)c(C(F)(F)F)c2)CC3)cc1. The molecule has 0 atom stereocenters. The summed E-state index contributed by atoms with van der Waals surface area (Å²) in [5.41, 5.74) is 1.76. The summed E-state index contributed by atoms with van der Waals surface area (Å²) in [6, 6.07) is 10.4. The van der Waals surface area contributed by atoms with Crippen LogP contribution in [-0.4, -0.2) is 14.7 Å². The first-order valence-electron chi connectivity index (χ1n) is 8.62. The number of alkyl halides is 3. The van der Waals surface area contributed by atoms with Crippen molar-refractivity contribution in [3.8, 4) is 0 Å². The summed E-state index contributed by atoms with van der Waals surface area (Å²) in [4.78, 5) is 0.201. The van der Waals surface area contributed by atoms with Crippen LogP contribution in [0, 0.1) is 5.41 Å². The zero-order valence-electron chi connectivity index (χ0n) is 14.8. The van der Waals surface area contributed by atoms with Crippen molar-refractivity contribution in [1.29, 1.82) is 0 Å². The topological polar surface area (TPSA) is 34.1 Å². The standard InChI is InChI=1S/C21H16ClF3O2S/c1-28(26,27)15-5-2-13(3-6-15)16-11-20(8-9-20)12-17(16)14-4-7-19(22)18(10-14)21(23,24)25/h2-7,10-12H,8-9H2,1H3. The molecule has 0 bridgehead atoms. The van der Waals surface area contributed by atoms with Crippen LogP contribution in [0.4, 0.5) is 13.2 Å². The van der Waals surface area contributed by atoms with Crippen LogP contribution >= 0.6 is 11.6 Å². The van der Waals surface area contributed by atoms with E-state index < -0.39 is 21.6 Å². The van der Waals surface area contributed by atoms with Crippen LogP contribution in [0.5, 0.6) is 0 Å². The smallest absolute Gasteiger partial charge is 0.224 e. The van der Waals surface area contributed by atoms with Gasteiger partial charge in [0.1, 0.15) is 0 Å². The molecule has 7 heteroatoms. The van der Waals surface area contributed by atoms with Gasteiger partial charge in [0.25, 0.3) is 0 Å². The van der Waals surface area contributed by atoms with Crippen LogP contribution in [0.1, 0.15) is 29.5 Å². The van der Waals surface area contributed by atoms with Crippen molar-refractivity contribution < 1.29 is 21.6 Å². The lowest BCUT2D eigenvalue weighted by Crippen LogP contribution is -2.06. The maximum Gasteiger partial charge on any atom is 0.417 e. The summed E-state index contributed by atoms with van der Waals surface area (Å²) in [5, 5.41) is -0.334. The van der Waals surface area contributed by atoms with Gasteiger partial charge in [0, 0.05) is 11.7 Å². The van der Waals surface area contributed by atoms with Gasteiger partial charge in [-0.15, -0.1) is 0 Å². The second kappa shape index (κ2) is 6.22. The molecule has 2 aromatic rings. The molecule has 1 fully saturated rings.